The number of ether oxygens (including phenoxy) is 1. The Kier molecular flexibility index (Phi) is 6.59. The molecule has 2 atom stereocenters. The number of hydrogen-bond acceptors (Lipinski definition) is 2. The fourth-order valence-corrected chi connectivity index (χ4v) is 2.18. The maximum atomic E-state index is 12.7. The van der Waals surface area contributed by atoms with Gasteiger partial charge in [0.15, 0.2) is 0 Å². The molecule has 0 heterocycles. The van der Waals surface area contributed by atoms with Crippen LogP contribution < -0.4 is 4.74 Å². The van der Waals surface area contributed by atoms with Gasteiger partial charge >= 0.3 is 6.61 Å². The molecule has 0 aliphatic heterocycles. The summed E-state index contributed by atoms with van der Waals surface area (Å²) >= 11 is 0. The van der Waals surface area contributed by atoms with Gasteiger partial charge in [-0.25, -0.2) is 0 Å². The zero-order chi connectivity index (χ0) is 16.0. The predicted molar refractivity (Wildman–Crippen MR) is 78.7 cm³/mol. The van der Waals surface area contributed by atoms with E-state index in [-0.39, 0.29) is 23.7 Å². The normalized spacial score (nSPS) is 13.9. The second kappa shape index (κ2) is 7.96. The number of halogens is 2. The highest BCUT2D eigenvalue weighted by Gasteiger charge is 2.25. The van der Waals surface area contributed by atoms with Crippen LogP contribution in [0.25, 0.3) is 0 Å². The second-order valence-corrected chi connectivity index (χ2v) is 5.13. The van der Waals surface area contributed by atoms with Crippen molar-refractivity contribution in [1.29, 1.82) is 0 Å². The van der Waals surface area contributed by atoms with Crippen LogP contribution in [0.2, 0.25) is 0 Å². The first-order valence-corrected chi connectivity index (χ1v) is 7.28. The molecule has 0 aliphatic rings. The topological polar surface area (TPSA) is 29.5 Å². The summed E-state index contributed by atoms with van der Waals surface area (Å²) in [5.41, 5.74) is 0.369. The largest absolute Gasteiger partial charge is 0.435 e. The third-order valence-corrected chi connectivity index (χ3v) is 3.67. The first-order valence-electron chi connectivity index (χ1n) is 7.28. The van der Waals surface area contributed by atoms with Crippen molar-refractivity contribution in [2.75, 3.05) is 0 Å². The van der Waals surface area contributed by atoms with Crippen LogP contribution in [0.1, 0.15) is 50.9 Å². The minimum Gasteiger partial charge on any atom is -0.435 e. The highest BCUT2D eigenvalue weighted by Crippen LogP contribution is 2.20. The molecule has 0 fully saturated rings. The van der Waals surface area contributed by atoms with E-state index in [9.17, 15) is 13.6 Å². The van der Waals surface area contributed by atoms with Crippen molar-refractivity contribution >= 4 is 5.91 Å². The number of amides is 1. The molecule has 0 radical (unpaired) electrons. The Balaban J connectivity index is 3.03. The lowest BCUT2D eigenvalue weighted by Gasteiger charge is -2.34. The number of hydrogen-bond donors (Lipinski definition) is 0. The molecule has 1 aromatic carbocycles. The molecule has 1 aromatic rings. The van der Waals surface area contributed by atoms with Crippen molar-refractivity contribution in [1.82, 2.24) is 4.90 Å². The molecular weight excluding hydrogens is 276 g/mol. The highest BCUT2D eigenvalue weighted by atomic mass is 19.3. The first kappa shape index (κ1) is 17.4. The zero-order valence-corrected chi connectivity index (χ0v) is 13.0. The SMILES string of the molecule is CCC(C)N(C(=O)c1cccc(OC(F)F)c1)C(C)CC. The number of rotatable bonds is 7. The van der Waals surface area contributed by atoms with E-state index in [0.717, 1.165) is 12.8 Å². The first-order chi connectivity index (χ1) is 9.90. The summed E-state index contributed by atoms with van der Waals surface area (Å²) in [4.78, 5) is 14.5. The van der Waals surface area contributed by atoms with Crippen LogP contribution in [0.4, 0.5) is 8.78 Å². The Hall–Kier alpha value is -1.65. The van der Waals surface area contributed by atoms with Crippen molar-refractivity contribution < 1.29 is 18.3 Å². The van der Waals surface area contributed by atoms with Gasteiger partial charge in [0.05, 0.1) is 0 Å². The summed E-state index contributed by atoms with van der Waals surface area (Å²) in [5.74, 6) is -0.150. The monoisotopic (exact) mass is 299 g/mol. The van der Waals surface area contributed by atoms with Crippen molar-refractivity contribution in [2.45, 2.75) is 59.2 Å². The Morgan fingerprint density at radius 2 is 1.76 bits per heavy atom. The molecular formula is C16H23F2NO2. The molecule has 0 saturated heterocycles. The van der Waals surface area contributed by atoms with Crippen LogP contribution in [0.15, 0.2) is 24.3 Å². The fraction of sp³-hybridized carbons (Fsp3) is 0.562. The van der Waals surface area contributed by atoms with Crippen LogP contribution in [-0.2, 0) is 0 Å². The van der Waals surface area contributed by atoms with Gasteiger partial charge in [0.1, 0.15) is 5.75 Å². The molecule has 21 heavy (non-hydrogen) atoms. The Morgan fingerprint density at radius 1 is 1.19 bits per heavy atom. The third-order valence-electron chi connectivity index (χ3n) is 3.67. The lowest BCUT2D eigenvalue weighted by atomic mass is 10.1. The molecule has 1 amide bonds. The molecule has 3 nitrogen and oxygen atoms in total. The van der Waals surface area contributed by atoms with E-state index in [0.29, 0.717) is 5.56 Å². The van der Waals surface area contributed by atoms with Crippen molar-refractivity contribution in [3.63, 3.8) is 0 Å². The summed E-state index contributed by atoms with van der Waals surface area (Å²) in [6, 6.07) is 6.14. The molecule has 0 spiro atoms. The van der Waals surface area contributed by atoms with E-state index in [2.05, 4.69) is 4.74 Å². The van der Waals surface area contributed by atoms with Crippen LogP contribution >= 0.6 is 0 Å². The minimum atomic E-state index is -2.89. The fourth-order valence-electron chi connectivity index (χ4n) is 2.18. The molecule has 5 heteroatoms. The quantitative estimate of drug-likeness (QED) is 0.750. The van der Waals surface area contributed by atoms with Crippen LogP contribution in [0.3, 0.4) is 0 Å². The number of benzene rings is 1. The average molecular weight is 299 g/mol. The minimum absolute atomic E-state index is 0.00380. The van der Waals surface area contributed by atoms with Gasteiger partial charge < -0.3 is 9.64 Å². The summed E-state index contributed by atoms with van der Waals surface area (Å²) < 4.78 is 28.9. The van der Waals surface area contributed by atoms with E-state index < -0.39 is 6.61 Å². The summed E-state index contributed by atoms with van der Waals surface area (Å²) in [5, 5.41) is 0. The van der Waals surface area contributed by atoms with Crippen LogP contribution in [0.5, 0.6) is 5.75 Å². The second-order valence-electron chi connectivity index (χ2n) is 5.13. The third kappa shape index (κ3) is 4.69. The van der Waals surface area contributed by atoms with Crippen LogP contribution in [-0.4, -0.2) is 29.5 Å². The van der Waals surface area contributed by atoms with Gasteiger partial charge in [-0.1, -0.05) is 19.9 Å². The molecule has 0 saturated carbocycles. The van der Waals surface area contributed by atoms with Gasteiger partial charge in [-0.05, 0) is 44.9 Å². The lowest BCUT2D eigenvalue weighted by molar-refractivity contribution is -0.0499. The van der Waals surface area contributed by atoms with Crippen molar-refractivity contribution in [3.05, 3.63) is 29.8 Å². The molecule has 2 unspecified atom stereocenters. The summed E-state index contributed by atoms with van der Waals surface area (Å²) in [6.07, 6.45) is 1.67. The van der Waals surface area contributed by atoms with E-state index in [1.54, 1.807) is 12.1 Å². The number of carbonyl (C=O) groups excluding carboxylic acids is 1. The van der Waals surface area contributed by atoms with Gasteiger partial charge in [-0.3, -0.25) is 4.79 Å². The molecule has 0 aliphatic carbocycles. The van der Waals surface area contributed by atoms with E-state index >= 15 is 0 Å². The van der Waals surface area contributed by atoms with Crippen LogP contribution in [0, 0.1) is 0 Å². The van der Waals surface area contributed by atoms with Crippen molar-refractivity contribution in [2.24, 2.45) is 0 Å². The van der Waals surface area contributed by atoms with Gasteiger partial charge in [-0.2, -0.15) is 8.78 Å². The zero-order valence-electron chi connectivity index (χ0n) is 13.0. The maximum Gasteiger partial charge on any atom is 0.387 e. The molecule has 0 bridgehead atoms. The summed E-state index contributed by atoms with van der Waals surface area (Å²) in [6.45, 7) is 5.12. The predicted octanol–water partition coefficient (Wildman–Crippen LogP) is 4.33. The van der Waals surface area contributed by atoms with Gasteiger partial charge in [0.2, 0.25) is 0 Å². The molecule has 0 N–H and O–H groups in total. The van der Waals surface area contributed by atoms with E-state index in [4.69, 9.17) is 0 Å². The number of carbonyl (C=O) groups is 1. The maximum absolute atomic E-state index is 12.7. The lowest BCUT2D eigenvalue weighted by Crippen LogP contribution is -2.44. The smallest absolute Gasteiger partial charge is 0.387 e. The molecule has 118 valence electrons. The number of alkyl halides is 2. The molecule has 1 rings (SSSR count). The Labute approximate surface area is 124 Å². The average Bonchev–Trinajstić information content (AvgIpc) is 2.46. The standard InChI is InChI=1S/C16H23F2NO2/c1-5-11(3)19(12(4)6-2)15(20)13-8-7-9-14(10-13)21-16(17)18/h7-12,16H,5-6H2,1-4H3. The van der Waals surface area contributed by atoms with E-state index in [1.165, 1.54) is 12.1 Å². The van der Waals surface area contributed by atoms with Gasteiger partial charge in [0, 0.05) is 17.6 Å². The van der Waals surface area contributed by atoms with Gasteiger partial charge in [0.25, 0.3) is 5.91 Å². The number of nitrogens with zero attached hydrogens (tertiary/aromatic N) is 1. The summed E-state index contributed by atoms with van der Waals surface area (Å²) in [7, 11) is 0. The Morgan fingerprint density at radius 3 is 2.24 bits per heavy atom. The molecule has 0 aromatic heterocycles. The Bertz CT molecular complexity index is 455. The van der Waals surface area contributed by atoms with Crippen molar-refractivity contribution in [3.8, 4) is 5.75 Å². The van der Waals surface area contributed by atoms with Gasteiger partial charge in [-0.15, -0.1) is 0 Å². The highest BCUT2D eigenvalue weighted by molar-refractivity contribution is 5.95. The van der Waals surface area contributed by atoms with E-state index in [1.807, 2.05) is 32.6 Å².